The number of nitrogens with zero attached hydrogens (tertiary/aromatic N) is 2. The summed E-state index contributed by atoms with van der Waals surface area (Å²) in [7, 11) is -2.02. The Labute approximate surface area is 142 Å². The number of aryl methyl sites for hydroxylation is 1. The fourth-order valence-corrected chi connectivity index (χ4v) is 3.39. The van der Waals surface area contributed by atoms with Crippen LogP contribution in [0.4, 0.5) is 5.82 Å². The molecular weight excluding hydrogens is 326 g/mol. The van der Waals surface area contributed by atoms with E-state index in [1.807, 2.05) is 13.0 Å². The van der Waals surface area contributed by atoms with Crippen molar-refractivity contribution in [2.45, 2.75) is 31.7 Å². The van der Waals surface area contributed by atoms with Crippen LogP contribution in [0.25, 0.3) is 0 Å². The average molecular weight is 347 g/mol. The highest BCUT2D eigenvalue weighted by molar-refractivity contribution is 7.89. The van der Waals surface area contributed by atoms with E-state index in [-0.39, 0.29) is 16.8 Å². The van der Waals surface area contributed by atoms with Crippen LogP contribution >= 0.6 is 0 Å². The Bertz CT molecular complexity index is 830. The molecule has 1 amide bonds. The van der Waals surface area contributed by atoms with Crippen LogP contribution in [0.5, 0.6) is 0 Å². The van der Waals surface area contributed by atoms with Gasteiger partial charge in [-0.2, -0.15) is 4.31 Å². The topological polar surface area (TPSA) is 79.4 Å². The number of pyridine rings is 1. The van der Waals surface area contributed by atoms with E-state index in [2.05, 4.69) is 10.3 Å². The molecule has 6 nitrogen and oxygen atoms in total. The van der Waals surface area contributed by atoms with E-state index >= 15 is 0 Å². The lowest BCUT2D eigenvalue weighted by atomic mass is 10.2. The number of hydrogen-bond acceptors (Lipinski definition) is 4. The van der Waals surface area contributed by atoms with Crippen molar-refractivity contribution >= 4 is 21.7 Å². The van der Waals surface area contributed by atoms with Crippen molar-refractivity contribution in [2.75, 3.05) is 12.4 Å². The largest absolute Gasteiger partial charge is 0.306 e. The molecule has 24 heavy (non-hydrogen) atoms. The zero-order chi connectivity index (χ0) is 17.9. The lowest BCUT2D eigenvalue weighted by Gasteiger charge is -2.21. The summed E-state index contributed by atoms with van der Waals surface area (Å²) in [5.41, 5.74) is 1.22. The lowest BCUT2D eigenvalue weighted by Crippen LogP contribution is -2.33. The molecule has 1 aromatic heterocycles. The van der Waals surface area contributed by atoms with Gasteiger partial charge in [0.15, 0.2) is 0 Å². The molecule has 7 heteroatoms. The molecule has 1 N–H and O–H groups in total. The number of carbonyl (C=O) groups is 1. The molecule has 0 spiro atoms. The molecule has 0 atom stereocenters. The van der Waals surface area contributed by atoms with Gasteiger partial charge in [-0.05, 0) is 56.7 Å². The zero-order valence-electron chi connectivity index (χ0n) is 14.1. The maximum absolute atomic E-state index is 12.4. The molecule has 0 radical (unpaired) electrons. The number of hydrogen-bond donors (Lipinski definition) is 1. The molecule has 0 aliphatic heterocycles. The number of benzene rings is 1. The summed E-state index contributed by atoms with van der Waals surface area (Å²) < 4.78 is 26.1. The first-order valence-electron chi connectivity index (χ1n) is 7.54. The summed E-state index contributed by atoms with van der Waals surface area (Å²) in [5, 5.41) is 2.72. The average Bonchev–Trinajstić information content (AvgIpc) is 2.56. The van der Waals surface area contributed by atoms with Crippen LogP contribution in [-0.2, 0) is 10.0 Å². The van der Waals surface area contributed by atoms with Gasteiger partial charge in [0.25, 0.3) is 5.91 Å². The van der Waals surface area contributed by atoms with Gasteiger partial charge in [0.1, 0.15) is 5.82 Å². The molecule has 2 aromatic rings. The Hall–Kier alpha value is -2.25. The third kappa shape index (κ3) is 3.80. The Morgan fingerprint density at radius 2 is 1.79 bits per heavy atom. The minimum atomic E-state index is -3.56. The van der Waals surface area contributed by atoms with Crippen LogP contribution in [0.1, 0.15) is 29.8 Å². The van der Waals surface area contributed by atoms with Gasteiger partial charge in [-0.1, -0.05) is 6.07 Å². The Morgan fingerprint density at radius 3 is 2.33 bits per heavy atom. The molecule has 0 saturated heterocycles. The SMILES string of the molecule is Cc1cccnc1NC(=O)c1ccc(S(=O)(=O)N(C)C(C)C)cc1. The summed E-state index contributed by atoms with van der Waals surface area (Å²) in [5.74, 6) is 0.150. The van der Waals surface area contributed by atoms with Crippen molar-refractivity contribution in [1.29, 1.82) is 0 Å². The highest BCUT2D eigenvalue weighted by Gasteiger charge is 2.23. The summed E-state index contributed by atoms with van der Waals surface area (Å²) in [4.78, 5) is 16.5. The Morgan fingerprint density at radius 1 is 1.17 bits per heavy atom. The van der Waals surface area contributed by atoms with E-state index in [0.29, 0.717) is 11.4 Å². The summed E-state index contributed by atoms with van der Waals surface area (Å²) in [6.45, 7) is 5.45. The number of amides is 1. The number of carbonyl (C=O) groups excluding carboxylic acids is 1. The van der Waals surface area contributed by atoms with Crippen LogP contribution in [-0.4, -0.2) is 36.7 Å². The predicted octanol–water partition coefficient (Wildman–Crippen LogP) is 2.67. The van der Waals surface area contributed by atoms with Crippen LogP contribution < -0.4 is 5.32 Å². The van der Waals surface area contributed by atoms with Crippen LogP contribution in [0.15, 0.2) is 47.5 Å². The molecule has 0 bridgehead atoms. The van der Waals surface area contributed by atoms with Gasteiger partial charge in [0.05, 0.1) is 4.90 Å². The first-order chi connectivity index (χ1) is 11.2. The van der Waals surface area contributed by atoms with Gasteiger partial charge in [0.2, 0.25) is 10.0 Å². The second-order valence-electron chi connectivity index (χ2n) is 5.76. The van der Waals surface area contributed by atoms with Crippen molar-refractivity contribution in [3.63, 3.8) is 0 Å². The Kier molecular flexibility index (Phi) is 5.36. The first-order valence-corrected chi connectivity index (χ1v) is 8.98. The van der Waals surface area contributed by atoms with Crippen molar-refractivity contribution in [2.24, 2.45) is 0 Å². The number of nitrogens with one attached hydrogen (secondary N) is 1. The van der Waals surface area contributed by atoms with Crippen molar-refractivity contribution < 1.29 is 13.2 Å². The van der Waals surface area contributed by atoms with Crippen molar-refractivity contribution in [3.8, 4) is 0 Å². The van der Waals surface area contributed by atoms with Gasteiger partial charge >= 0.3 is 0 Å². The fourth-order valence-electron chi connectivity index (χ4n) is 2.02. The molecule has 0 saturated carbocycles. The second-order valence-corrected chi connectivity index (χ2v) is 7.76. The molecule has 0 unspecified atom stereocenters. The van der Waals surface area contributed by atoms with Crippen molar-refractivity contribution in [3.05, 3.63) is 53.7 Å². The first kappa shape index (κ1) is 18.1. The van der Waals surface area contributed by atoms with Crippen LogP contribution in [0.3, 0.4) is 0 Å². The molecule has 1 heterocycles. The van der Waals surface area contributed by atoms with E-state index in [1.165, 1.54) is 35.6 Å². The summed E-state index contributed by atoms with van der Waals surface area (Å²) in [6.07, 6.45) is 1.60. The van der Waals surface area contributed by atoms with E-state index in [0.717, 1.165) is 5.56 Å². The molecule has 128 valence electrons. The predicted molar refractivity (Wildman–Crippen MR) is 93.5 cm³/mol. The molecule has 0 fully saturated rings. The van der Waals surface area contributed by atoms with Gasteiger partial charge in [-0.3, -0.25) is 4.79 Å². The minimum absolute atomic E-state index is 0.148. The number of aromatic nitrogens is 1. The van der Waals surface area contributed by atoms with Gasteiger partial charge in [-0.25, -0.2) is 13.4 Å². The van der Waals surface area contributed by atoms with Gasteiger partial charge < -0.3 is 5.32 Å². The summed E-state index contributed by atoms with van der Waals surface area (Å²) in [6, 6.07) is 9.35. The lowest BCUT2D eigenvalue weighted by molar-refractivity contribution is 0.102. The molecule has 2 rings (SSSR count). The van der Waals surface area contributed by atoms with E-state index in [9.17, 15) is 13.2 Å². The van der Waals surface area contributed by atoms with E-state index in [1.54, 1.807) is 26.1 Å². The molecule has 1 aromatic carbocycles. The molecule has 0 aliphatic rings. The third-order valence-corrected chi connectivity index (χ3v) is 5.81. The van der Waals surface area contributed by atoms with Gasteiger partial charge in [-0.15, -0.1) is 0 Å². The van der Waals surface area contributed by atoms with Crippen LogP contribution in [0.2, 0.25) is 0 Å². The van der Waals surface area contributed by atoms with E-state index in [4.69, 9.17) is 0 Å². The van der Waals surface area contributed by atoms with E-state index < -0.39 is 10.0 Å². The molecular formula is C17H21N3O3S. The maximum Gasteiger partial charge on any atom is 0.256 e. The maximum atomic E-state index is 12.4. The van der Waals surface area contributed by atoms with Crippen LogP contribution in [0, 0.1) is 6.92 Å². The second kappa shape index (κ2) is 7.11. The standard InChI is InChI=1S/C17H21N3O3S/c1-12(2)20(4)24(22,23)15-9-7-14(8-10-15)17(21)19-16-13(3)6-5-11-18-16/h5-12H,1-4H3,(H,18,19,21). The smallest absolute Gasteiger partial charge is 0.256 e. The summed E-state index contributed by atoms with van der Waals surface area (Å²) >= 11 is 0. The fraction of sp³-hybridized carbons (Fsp3) is 0.294. The number of rotatable bonds is 5. The number of anilines is 1. The van der Waals surface area contributed by atoms with Crippen molar-refractivity contribution in [1.82, 2.24) is 9.29 Å². The zero-order valence-corrected chi connectivity index (χ0v) is 15.0. The number of sulfonamides is 1. The minimum Gasteiger partial charge on any atom is -0.306 e. The monoisotopic (exact) mass is 347 g/mol. The normalized spacial score (nSPS) is 11.8. The highest BCUT2D eigenvalue weighted by atomic mass is 32.2. The third-order valence-electron chi connectivity index (χ3n) is 3.76. The quantitative estimate of drug-likeness (QED) is 0.902. The highest BCUT2D eigenvalue weighted by Crippen LogP contribution is 2.18. The Balaban J connectivity index is 2.20. The molecule has 0 aliphatic carbocycles. The van der Waals surface area contributed by atoms with Gasteiger partial charge in [0, 0.05) is 24.8 Å².